The van der Waals surface area contributed by atoms with E-state index in [1.807, 2.05) is 36.7 Å². The molecule has 0 fully saturated rings. The number of thiazole rings is 2. The highest BCUT2D eigenvalue weighted by molar-refractivity contribution is 8.08. The van der Waals surface area contributed by atoms with Crippen LogP contribution in [-0.2, 0) is 13.6 Å². The molecule has 0 radical (unpaired) electrons. The molecule has 5 rings (SSSR count). The Morgan fingerprint density at radius 3 is 2.73 bits per heavy atom. The first-order chi connectivity index (χ1) is 14.5. The Morgan fingerprint density at radius 1 is 1.17 bits per heavy atom. The van der Waals surface area contributed by atoms with Gasteiger partial charge in [0.15, 0.2) is 0 Å². The highest BCUT2D eigenvalue weighted by Crippen LogP contribution is 2.46. The molecule has 4 aromatic rings. The molecule has 0 aliphatic carbocycles. The molecule has 0 unspecified atom stereocenters. The molecule has 1 aliphatic heterocycles. The average Bonchev–Trinajstić information content (AvgIpc) is 3.34. The molecule has 8 heteroatoms. The molecule has 0 spiro atoms. The van der Waals surface area contributed by atoms with Crippen LogP contribution in [0, 0.1) is 0 Å². The molecule has 0 saturated carbocycles. The van der Waals surface area contributed by atoms with E-state index in [4.69, 9.17) is 11.6 Å². The van der Waals surface area contributed by atoms with Crippen LogP contribution < -0.4 is 24.2 Å². The molecule has 0 saturated heterocycles. The Labute approximate surface area is 191 Å². The highest BCUT2D eigenvalue weighted by atomic mass is 35.5. The van der Waals surface area contributed by atoms with Crippen LogP contribution in [0.5, 0.6) is 0 Å². The van der Waals surface area contributed by atoms with E-state index in [2.05, 4.69) is 46.9 Å². The molecule has 4 nitrogen and oxygen atoms in total. The Kier molecular flexibility index (Phi) is 5.01. The average molecular weight is 473 g/mol. The van der Waals surface area contributed by atoms with Gasteiger partial charge >= 0.3 is 0 Å². The molecule has 2 aromatic heterocycles. The lowest BCUT2D eigenvalue weighted by atomic mass is 10.3. The third-order valence-corrected chi connectivity index (χ3v) is 9.12. The van der Waals surface area contributed by atoms with Gasteiger partial charge < -0.3 is 4.90 Å². The summed E-state index contributed by atoms with van der Waals surface area (Å²) >= 11 is 11.1. The van der Waals surface area contributed by atoms with Gasteiger partial charge in [0.25, 0.3) is 10.6 Å². The van der Waals surface area contributed by atoms with Gasteiger partial charge in [-0.1, -0.05) is 46.8 Å². The SMILES string of the molecule is CCn1c(=Cc2sc3ccccc3[n+]2C)sc(=C2Sc3ccc(Cl)cc3N2C)c1=O. The number of aromatic nitrogens is 2. The zero-order valence-electron chi connectivity index (χ0n) is 16.7. The molecule has 0 N–H and O–H groups in total. The molecule has 30 heavy (non-hydrogen) atoms. The lowest BCUT2D eigenvalue weighted by Gasteiger charge is -2.12. The van der Waals surface area contributed by atoms with Crippen LogP contribution in [0.2, 0.25) is 5.02 Å². The van der Waals surface area contributed by atoms with Crippen molar-refractivity contribution >= 4 is 73.0 Å². The maximum Gasteiger partial charge on any atom is 0.271 e. The summed E-state index contributed by atoms with van der Waals surface area (Å²) in [4.78, 5) is 16.5. The number of aryl methyl sites for hydroxylation is 1. The van der Waals surface area contributed by atoms with Gasteiger partial charge in [-0.25, -0.2) is 0 Å². The van der Waals surface area contributed by atoms with Crippen molar-refractivity contribution in [2.45, 2.75) is 18.4 Å². The zero-order chi connectivity index (χ0) is 21.0. The summed E-state index contributed by atoms with van der Waals surface area (Å²) in [7, 11) is 4.07. The molecule has 1 aliphatic rings. The normalized spacial score (nSPS) is 16.0. The van der Waals surface area contributed by atoms with Crippen LogP contribution >= 0.6 is 46.0 Å². The van der Waals surface area contributed by atoms with Crippen LogP contribution in [0.25, 0.3) is 21.3 Å². The number of nitrogens with zero attached hydrogens (tertiary/aromatic N) is 3. The smallest absolute Gasteiger partial charge is 0.271 e. The second kappa shape index (κ2) is 7.57. The Balaban J connectivity index is 1.73. The van der Waals surface area contributed by atoms with Gasteiger partial charge in [-0.2, -0.15) is 4.57 Å². The maximum atomic E-state index is 13.3. The number of para-hydroxylation sites is 1. The van der Waals surface area contributed by atoms with E-state index >= 15 is 0 Å². The first-order valence-electron chi connectivity index (χ1n) is 9.52. The van der Waals surface area contributed by atoms with E-state index in [9.17, 15) is 4.79 Å². The summed E-state index contributed by atoms with van der Waals surface area (Å²) in [5.74, 6) is 0. The van der Waals surface area contributed by atoms with Gasteiger partial charge in [0, 0.05) is 29.6 Å². The lowest BCUT2D eigenvalue weighted by molar-refractivity contribution is -0.642. The minimum absolute atomic E-state index is 0.0609. The van der Waals surface area contributed by atoms with E-state index < -0.39 is 0 Å². The maximum absolute atomic E-state index is 13.3. The monoisotopic (exact) mass is 472 g/mol. The molecule has 152 valence electrons. The topological polar surface area (TPSA) is 29.1 Å². The number of fused-ring (bicyclic) bond motifs is 2. The van der Waals surface area contributed by atoms with Crippen LogP contribution in [0.4, 0.5) is 5.69 Å². The van der Waals surface area contributed by atoms with Gasteiger partial charge in [0.05, 0.1) is 11.8 Å². The fourth-order valence-electron chi connectivity index (χ4n) is 3.64. The fourth-order valence-corrected chi connectivity index (χ4v) is 7.40. The van der Waals surface area contributed by atoms with Crippen LogP contribution in [-0.4, -0.2) is 11.6 Å². The summed E-state index contributed by atoms with van der Waals surface area (Å²) in [5, 5.41) is 2.79. The predicted octanol–water partition coefficient (Wildman–Crippen LogP) is 3.76. The minimum atomic E-state index is 0.0609. The van der Waals surface area contributed by atoms with Gasteiger partial charge in [-0.15, -0.1) is 11.3 Å². The third kappa shape index (κ3) is 3.12. The van der Waals surface area contributed by atoms with E-state index in [0.717, 1.165) is 29.8 Å². The quantitative estimate of drug-likeness (QED) is 0.416. The molecule has 0 amide bonds. The highest BCUT2D eigenvalue weighted by Gasteiger charge is 2.25. The van der Waals surface area contributed by atoms with E-state index in [1.54, 1.807) is 34.4 Å². The molecule has 0 bridgehead atoms. The second-order valence-electron chi connectivity index (χ2n) is 7.01. The van der Waals surface area contributed by atoms with Crippen molar-refractivity contribution < 1.29 is 4.57 Å². The first-order valence-corrected chi connectivity index (χ1v) is 12.3. The van der Waals surface area contributed by atoms with Crippen LogP contribution in [0.1, 0.15) is 11.9 Å². The third-order valence-electron chi connectivity index (χ3n) is 5.23. The van der Waals surface area contributed by atoms with Crippen molar-refractivity contribution in [3.05, 3.63) is 72.0 Å². The van der Waals surface area contributed by atoms with Crippen molar-refractivity contribution in [2.75, 3.05) is 11.9 Å². The van der Waals surface area contributed by atoms with E-state index in [-0.39, 0.29) is 5.56 Å². The molecule has 0 atom stereocenters. The number of rotatable bonds is 2. The number of hydrogen-bond acceptors (Lipinski definition) is 5. The standard InChI is InChI=1S/C22H19ClN3OS3/c1-4-26-19(12-18-24(2)14-7-5-6-8-16(14)28-18)30-20(21(26)27)22-25(3)15-11-13(23)9-10-17(15)29-22/h5-12H,4H2,1-3H3/q+1. The largest absolute Gasteiger partial charge is 0.337 e. The zero-order valence-corrected chi connectivity index (χ0v) is 19.9. The van der Waals surface area contributed by atoms with E-state index in [0.29, 0.717) is 11.6 Å². The summed E-state index contributed by atoms with van der Waals surface area (Å²) < 4.78 is 7.02. The van der Waals surface area contributed by atoms with Crippen LogP contribution in [0.15, 0.2) is 52.2 Å². The number of thioether (sulfide) groups is 1. The molecular formula is C22H19ClN3OS3+. The summed E-state index contributed by atoms with van der Waals surface area (Å²) in [5.41, 5.74) is 2.30. The van der Waals surface area contributed by atoms with Crippen molar-refractivity contribution in [1.82, 2.24) is 4.57 Å². The van der Waals surface area contributed by atoms with Gasteiger partial charge in [0.1, 0.15) is 26.0 Å². The van der Waals surface area contributed by atoms with Gasteiger partial charge in [-0.05, 0) is 31.2 Å². The van der Waals surface area contributed by atoms with Crippen molar-refractivity contribution in [3.8, 4) is 0 Å². The van der Waals surface area contributed by atoms with Crippen molar-refractivity contribution in [3.63, 3.8) is 0 Å². The van der Waals surface area contributed by atoms with Crippen molar-refractivity contribution in [1.29, 1.82) is 0 Å². The van der Waals surface area contributed by atoms with Gasteiger partial charge in [-0.3, -0.25) is 9.36 Å². The molecule has 3 heterocycles. The Hall–Kier alpha value is -2.06. The number of halogens is 1. The minimum Gasteiger partial charge on any atom is -0.337 e. The van der Waals surface area contributed by atoms with Gasteiger partial charge in [0.2, 0.25) is 5.52 Å². The number of benzene rings is 2. The summed E-state index contributed by atoms with van der Waals surface area (Å²) in [6.07, 6.45) is 2.13. The fraction of sp³-hybridized carbons (Fsp3) is 0.182. The first kappa shape index (κ1) is 19.9. The van der Waals surface area contributed by atoms with E-state index in [1.165, 1.54) is 10.2 Å². The van der Waals surface area contributed by atoms with Crippen molar-refractivity contribution in [2.24, 2.45) is 7.05 Å². The summed E-state index contributed by atoms with van der Waals surface area (Å²) in [6, 6.07) is 14.2. The summed E-state index contributed by atoms with van der Waals surface area (Å²) in [6.45, 7) is 2.65. The second-order valence-corrected chi connectivity index (χ2v) is 10.6. The Bertz CT molecular complexity index is 1480. The lowest BCUT2D eigenvalue weighted by Crippen LogP contribution is -2.34. The Morgan fingerprint density at radius 2 is 1.97 bits per heavy atom. The number of hydrogen-bond donors (Lipinski definition) is 0. The van der Waals surface area contributed by atoms with Crippen LogP contribution in [0.3, 0.4) is 0 Å². The molecular weight excluding hydrogens is 454 g/mol. The number of anilines is 1. The predicted molar refractivity (Wildman–Crippen MR) is 129 cm³/mol. The molecule has 2 aromatic carbocycles.